The van der Waals surface area contributed by atoms with Crippen molar-refractivity contribution in [2.75, 3.05) is 33.1 Å². The van der Waals surface area contributed by atoms with Crippen LogP contribution in [0.5, 0.6) is 11.5 Å². The van der Waals surface area contributed by atoms with E-state index in [0.29, 0.717) is 11.8 Å². The predicted molar refractivity (Wildman–Crippen MR) is 104 cm³/mol. The molecule has 0 atom stereocenters. The van der Waals surface area contributed by atoms with Crippen molar-refractivity contribution in [1.82, 2.24) is 4.31 Å². The van der Waals surface area contributed by atoms with Crippen LogP contribution in [-0.2, 0) is 21.0 Å². The minimum atomic E-state index is -4.70. The van der Waals surface area contributed by atoms with Crippen molar-refractivity contribution < 1.29 is 35.9 Å². The zero-order valence-corrected chi connectivity index (χ0v) is 17.7. The van der Waals surface area contributed by atoms with Crippen molar-refractivity contribution in [3.63, 3.8) is 0 Å². The van der Waals surface area contributed by atoms with Crippen LogP contribution in [0.3, 0.4) is 0 Å². The van der Waals surface area contributed by atoms with E-state index in [1.54, 1.807) is 0 Å². The predicted octanol–water partition coefficient (Wildman–Crippen LogP) is 3.64. The molecule has 0 unspecified atom stereocenters. The maximum atomic E-state index is 12.9. The Balaban J connectivity index is 2.17. The van der Waals surface area contributed by atoms with E-state index < -0.39 is 39.2 Å². The molecule has 0 aromatic heterocycles. The second kappa shape index (κ2) is 9.11. The van der Waals surface area contributed by atoms with Crippen LogP contribution in [0.4, 0.5) is 18.9 Å². The molecule has 2 aromatic carbocycles. The number of anilines is 1. The van der Waals surface area contributed by atoms with Crippen molar-refractivity contribution in [3.8, 4) is 11.5 Å². The van der Waals surface area contributed by atoms with Gasteiger partial charge in [-0.25, -0.2) is 8.42 Å². The normalized spacial score (nSPS) is 12.0. The molecule has 0 bridgehead atoms. The second-order valence-corrected chi connectivity index (χ2v) is 8.47. The summed E-state index contributed by atoms with van der Waals surface area (Å²) >= 11 is 5.54. The van der Waals surface area contributed by atoms with Crippen LogP contribution < -0.4 is 14.8 Å². The number of methoxy groups -OCH3 is 2. The van der Waals surface area contributed by atoms with Gasteiger partial charge in [0.1, 0.15) is 0 Å². The molecular weight excluding hydrogens is 449 g/mol. The second-order valence-electron chi connectivity index (χ2n) is 6.02. The van der Waals surface area contributed by atoms with Crippen LogP contribution in [0.25, 0.3) is 0 Å². The molecule has 30 heavy (non-hydrogen) atoms. The number of nitrogens with zero attached hydrogens (tertiary/aromatic N) is 1. The number of hydrogen-bond acceptors (Lipinski definition) is 5. The first kappa shape index (κ1) is 23.8. The van der Waals surface area contributed by atoms with Crippen molar-refractivity contribution in [1.29, 1.82) is 0 Å². The van der Waals surface area contributed by atoms with Gasteiger partial charge in [-0.05, 0) is 30.3 Å². The van der Waals surface area contributed by atoms with E-state index >= 15 is 0 Å². The maximum absolute atomic E-state index is 12.9. The minimum absolute atomic E-state index is 0.152. The summed E-state index contributed by atoms with van der Waals surface area (Å²) in [7, 11) is -0.193. The molecule has 12 heteroatoms. The number of alkyl halides is 3. The molecule has 7 nitrogen and oxygen atoms in total. The van der Waals surface area contributed by atoms with Crippen molar-refractivity contribution in [3.05, 3.63) is 47.0 Å². The summed E-state index contributed by atoms with van der Waals surface area (Å²) in [5, 5.41) is 1.71. The fraction of sp³-hybridized carbons (Fsp3) is 0.278. The van der Waals surface area contributed by atoms with Crippen molar-refractivity contribution >= 4 is 33.2 Å². The molecule has 1 amide bonds. The molecule has 1 N–H and O–H groups in total. The standard InChI is InChI=1S/C18H18ClF3N2O5S/c1-24(30(26,27)12-5-7-15(28-2)16(9-12)29-3)10-17(25)23-11-4-6-14(19)13(8-11)18(20,21)22/h4-9H,10H2,1-3H3,(H,23,25). The number of ether oxygens (including phenoxy) is 2. The van der Waals surface area contributed by atoms with Crippen LogP contribution in [0.2, 0.25) is 5.02 Å². The van der Waals surface area contributed by atoms with Crippen LogP contribution in [0.1, 0.15) is 5.56 Å². The van der Waals surface area contributed by atoms with Gasteiger partial charge in [0.05, 0.1) is 36.2 Å². The number of halogens is 4. The number of likely N-dealkylation sites (N-methyl/N-ethyl adjacent to an activating group) is 1. The molecule has 0 aliphatic carbocycles. The first-order valence-corrected chi connectivity index (χ1v) is 10.1. The number of amides is 1. The SMILES string of the molecule is COc1ccc(S(=O)(=O)N(C)CC(=O)Nc2ccc(Cl)c(C(F)(F)F)c2)cc1OC. The Bertz CT molecular complexity index is 1040. The van der Waals surface area contributed by atoms with Gasteiger partial charge in [0.25, 0.3) is 0 Å². The zero-order valence-electron chi connectivity index (χ0n) is 16.1. The number of rotatable bonds is 7. The third kappa shape index (κ3) is 5.35. The number of carbonyl (C=O) groups excluding carboxylic acids is 1. The van der Waals surface area contributed by atoms with E-state index in [2.05, 4.69) is 5.32 Å². The number of sulfonamides is 1. The molecule has 164 valence electrons. The lowest BCUT2D eigenvalue weighted by Gasteiger charge is -2.18. The van der Waals surface area contributed by atoms with Gasteiger partial charge in [0, 0.05) is 18.8 Å². The Labute approximate surface area is 176 Å². The lowest BCUT2D eigenvalue weighted by molar-refractivity contribution is -0.137. The van der Waals surface area contributed by atoms with Crippen LogP contribution in [0.15, 0.2) is 41.3 Å². The number of benzene rings is 2. The zero-order chi connectivity index (χ0) is 22.7. The number of carbonyl (C=O) groups is 1. The van der Waals surface area contributed by atoms with Gasteiger partial charge in [0.15, 0.2) is 11.5 Å². The highest BCUT2D eigenvalue weighted by Gasteiger charge is 2.33. The van der Waals surface area contributed by atoms with E-state index in [1.807, 2.05) is 0 Å². The van der Waals surface area contributed by atoms with Gasteiger partial charge in [-0.3, -0.25) is 4.79 Å². The first-order chi connectivity index (χ1) is 13.9. The van der Waals surface area contributed by atoms with Gasteiger partial charge in [-0.15, -0.1) is 0 Å². The van der Waals surface area contributed by atoms with E-state index in [-0.39, 0.29) is 16.3 Å². The van der Waals surface area contributed by atoms with Crippen molar-refractivity contribution in [2.24, 2.45) is 0 Å². The molecule has 0 aliphatic heterocycles. The van der Waals surface area contributed by atoms with Gasteiger partial charge in [0.2, 0.25) is 15.9 Å². The maximum Gasteiger partial charge on any atom is 0.417 e. The fourth-order valence-corrected chi connectivity index (χ4v) is 3.83. The van der Waals surface area contributed by atoms with Gasteiger partial charge < -0.3 is 14.8 Å². The first-order valence-electron chi connectivity index (χ1n) is 8.25. The monoisotopic (exact) mass is 466 g/mol. The molecule has 0 saturated heterocycles. The minimum Gasteiger partial charge on any atom is -0.493 e. The summed E-state index contributed by atoms with van der Waals surface area (Å²) in [6, 6.07) is 6.74. The van der Waals surface area contributed by atoms with E-state index in [1.165, 1.54) is 38.5 Å². The molecule has 0 saturated carbocycles. The van der Waals surface area contributed by atoms with Crippen LogP contribution >= 0.6 is 11.6 Å². The summed E-state index contributed by atoms with van der Waals surface area (Å²) in [4.78, 5) is 12.0. The third-order valence-corrected chi connectivity index (χ3v) is 6.11. The lowest BCUT2D eigenvalue weighted by Crippen LogP contribution is -2.35. The summed E-state index contributed by atoms with van der Waals surface area (Å²) in [5.41, 5.74) is -1.29. The molecule has 0 radical (unpaired) electrons. The summed E-state index contributed by atoms with van der Waals surface area (Å²) in [5.74, 6) is -0.339. The summed E-state index contributed by atoms with van der Waals surface area (Å²) in [6.07, 6.45) is -4.70. The summed E-state index contributed by atoms with van der Waals surface area (Å²) in [6.45, 7) is -0.638. The van der Waals surface area contributed by atoms with Crippen LogP contribution in [0, 0.1) is 0 Å². The molecule has 0 heterocycles. The highest BCUT2D eigenvalue weighted by Crippen LogP contribution is 2.36. The number of nitrogens with one attached hydrogen (secondary N) is 1. The largest absolute Gasteiger partial charge is 0.493 e. The molecule has 2 rings (SSSR count). The number of hydrogen-bond donors (Lipinski definition) is 1. The quantitative estimate of drug-likeness (QED) is 0.673. The van der Waals surface area contributed by atoms with Gasteiger partial charge in [-0.2, -0.15) is 17.5 Å². The Morgan fingerprint density at radius 3 is 2.30 bits per heavy atom. The molecule has 2 aromatic rings. The van der Waals surface area contributed by atoms with Crippen LogP contribution in [-0.4, -0.2) is 46.4 Å². The van der Waals surface area contributed by atoms with E-state index in [0.717, 1.165) is 17.4 Å². The Morgan fingerprint density at radius 2 is 1.73 bits per heavy atom. The average molecular weight is 467 g/mol. The smallest absolute Gasteiger partial charge is 0.417 e. The molecule has 0 spiro atoms. The molecule has 0 fully saturated rings. The topological polar surface area (TPSA) is 84.9 Å². The van der Waals surface area contributed by atoms with Crippen molar-refractivity contribution in [2.45, 2.75) is 11.1 Å². The van der Waals surface area contributed by atoms with Gasteiger partial charge in [-0.1, -0.05) is 11.6 Å². The van der Waals surface area contributed by atoms with E-state index in [4.69, 9.17) is 21.1 Å². The Kier molecular flexibility index (Phi) is 7.22. The Morgan fingerprint density at radius 1 is 1.10 bits per heavy atom. The third-order valence-electron chi connectivity index (χ3n) is 3.98. The fourth-order valence-electron chi connectivity index (χ4n) is 2.46. The molecule has 0 aliphatic rings. The average Bonchev–Trinajstić information content (AvgIpc) is 2.67. The van der Waals surface area contributed by atoms with Gasteiger partial charge >= 0.3 is 6.18 Å². The lowest BCUT2D eigenvalue weighted by atomic mass is 10.2. The summed E-state index contributed by atoms with van der Waals surface area (Å²) < 4.78 is 75.1. The van der Waals surface area contributed by atoms with E-state index in [9.17, 15) is 26.4 Å². The Hall–Kier alpha value is -2.50. The highest BCUT2D eigenvalue weighted by molar-refractivity contribution is 7.89. The molecular formula is C18H18ClF3N2O5S. The highest BCUT2D eigenvalue weighted by atomic mass is 35.5.